The first-order chi connectivity index (χ1) is 11.2. The molecule has 7 heteroatoms. The fourth-order valence-corrected chi connectivity index (χ4v) is 3.13. The van der Waals surface area contributed by atoms with Crippen LogP contribution in [0.25, 0.3) is 5.65 Å². The average Bonchev–Trinajstić information content (AvgIpc) is 3.26. The van der Waals surface area contributed by atoms with E-state index in [1.54, 1.807) is 6.20 Å². The van der Waals surface area contributed by atoms with Gasteiger partial charge in [-0.3, -0.25) is 4.90 Å². The Kier molecular flexibility index (Phi) is 3.39. The van der Waals surface area contributed by atoms with Gasteiger partial charge in [0.05, 0.1) is 0 Å². The minimum atomic E-state index is -1.05. The van der Waals surface area contributed by atoms with Crippen LogP contribution in [0.3, 0.4) is 0 Å². The molecule has 0 saturated carbocycles. The van der Waals surface area contributed by atoms with Gasteiger partial charge in [-0.2, -0.15) is 4.98 Å². The summed E-state index contributed by atoms with van der Waals surface area (Å²) in [5.74, 6) is 0.966. The molecule has 0 aliphatic carbocycles. The SMILES string of the molecule is CCc1noc(C2(O)CCN(Cc3cccc4nccn34)C2)n1. The highest BCUT2D eigenvalue weighted by molar-refractivity contribution is 5.39. The molecule has 0 aromatic carbocycles. The molecule has 1 aliphatic rings. The first kappa shape index (κ1) is 14.3. The zero-order valence-corrected chi connectivity index (χ0v) is 13.0. The Morgan fingerprint density at radius 1 is 1.39 bits per heavy atom. The number of aryl methyl sites for hydroxylation is 1. The van der Waals surface area contributed by atoms with Gasteiger partial charge >= 0.3 is 0 Å². The number of aliphatic hydroxyl groups is 1. The molecule has 23 heavy (non-hydrogen) atoms. The lowest BCUT2D eigenvalue weighted by atomic mass is 10.0. The number of aromatic nitrogens is 4. The summed E-state index contributed by atoms with van der Waals surface area (Å²) in [7, 11) is 0. The van der Waals surface area contributed by atoms with Crippen molar-refractivity contribution in [2.75, 3.05) is 13.1 Å². The van der Waals surface area contributed by atoms with E-state index in [-0.39, 0.29) is 0 Å². The molecule has 1 saturated heterocycles. The Bertz CT molecular complexity index is 827. The summed E-state index contributed by atoms with van der Waals surface area (Å²) in [4.78, 5) is 10.8. The molecule has 1 fully saturated rings. The Labute approximate surface area is 133 Å². The van der Waals surface area contributed by atoms with Crippen molar-refractivity contribution in [2.45, 2.75) is 31.9 Å². The van der Waals surface area contributed by atoms with Gasteiger partial charge in [0.2, 0.25) is 0 Å². The highest BCUT2D eigenvalue weighted by Gasteiger charge is 2.42. The second kappa shape index (κ2) is 5.43. The molecule has 4 rings (SSSR count). The summed E-state index contributed by atoms with van der Waals surface area (Å²) >= 11 is 0. The number of nitrogens with zero attached hydrogens (tertiary/aromatic N) is 5. The lowest BCUT2D eigenvalue weighted by molar-refractivity contribution is 0.0130. The van der Waals surface area contributed by atoms with Crippen LogP contribution < -0.4 is 0 Å². The van der Waals surface area contributed by atoms with Crippen LogP contribution in [0, 0.1) is 0 Å². The molecule has 4 heterocycles. The van der Waals surface area contributed by atoms with Gasteiger partial charge in [-0.15, -0.1) is 0 Å². The molecule has 1 N–H and O–H groups in total. The zero-order valence-electron chi connectivity index (χ0n) is 13.0. The van der Waals surface area contributed by atoms with Gasteiger partial charge in [-0.1, -0.05) is 18.1 Å². The van der Waals surface area contributed by atoms with E-state index in [0.29, 0.717) is 31.1 Å². The number of pyridine rings is 1. The second-order valence-electron chi connectivity index (χ2n) is 6.03. The molecule has 3 aromatic heterocycles. The van der Waals surface area contributed by atoms with Crippen LogP contribution in [0.2, 0.25) is 0 Å². The molecule has 0 amide bonds. The van der Waals surface area contributed by atoms with Crippen molar-refractivity contribution in [3.63, 3.8) is 0 Å². The van der Waals surface area contributed by atoms with Gasteiger partial charge < -0.3 is 14.0 Å². The first-order valence-electron chi connectivity index (χ1n) is 7.87. The van der Waals surface area contributed by atoms with E-state index in [0.717, 1.165) is 24.4 Å². The van der Waals surface area contributed by atoms with Crippen molar-refractivity contribution >= 4 is 5.65 Å². The maximum atomic E-state index is 10.8. The second-order valence-corrected chi connectivity index (χ2v) is 6.03. The van der Waals surface area contributed by atoms with Crippen LogP contribution in [0.15, 0.2) is 35.1 Å². The van der Waals surface area contributed by atoms with Gasteiger partial charge in [-0.25, -0.2) is 4.98 Å². The van der Waals surface area contributed by atoms with E-state index in [1.165, 1.54) is 0 Å². The van der Waals surface area contributed by atoms with Crippen molar-refractivity contribution in [1.29, 1.82) is 0 Å². The van der Waals surface area contributed by atoms with E-state index < -0.39 is 5.60 Å². The Hall–Kier alpha value is -2.25. The Morgan fingerprint density at radius 2 is 2.30 bits per heavy atom. The molecular weight excluding hydrogens is 294 g/mol. The largest absolute Gasteiger partial charge is 0.379 e. The molecule has 0 radical (unpaired) electrons. The van der Waals surface area contributed by atoms with Crippen molar-refractivity contribution in [1.82, 2.24) is 24.4 Å². The number of β-amino-alcohol motifs (C(OH)–C–C–N with tert-alkyl or cyclic N) is 1. The number of rotatable bonds is 4. The molecule has 7 nitrogen and oxygen atoms in total. The number of imidazole rings is 1. The predicted molar refractivity (Wildman–Crippen MR) is 82.7 cm³/mol. The molecule has 1 atom stereocenters. The Morgan fingerprint density at radius 3 is 3.13 bits per heavy atom. The van der Waals surface area contributed by atoms with Crippen molar-refractivity contribution < 1.29 is 9.63 Å². The molecule has 120 valence electrons. The van der Waals surface area contributed by atoms with Crippen LogP contribution in [0.1, 0.15) is 30.8 Å². The molecule has 1 aliphatic heterocycles. The quantitative estimate of drug-likeness (QED) is 0.784. The summed E-state index contributed by atoms with van der Waals surface area (Å²) in [6, 6.07) is 6.06. The van der Waals surface area contributed by atoms with Gasteiger partial charge in [0.15, 0.2) is 11.4 Å². The minimum absolute atomic E-state index is 0.331. The maximum absolute atomic E-state index is 10.8. The van der Waals surface area contributed by atoms with Gasteiger partial charge in [0.25, 0.3) is 5.89 Å². The van der Waals surface area contributed by atoms with E-state index in [1.807, 2.05) is 25.3 Å². The molecule has 0 spiro atoms. The van der Waals surface area contributed by atoms with Crippen molar-refractivity contribution in [2.24, 2.45) is 0 Å². The lowest BCUT2D eigenvalue weighted by Crippen LogP contribution is -2.31. The average molecular weight is 313 g/mol. The van der Waals surface area contributed by atoms with Crippen LogP contribution in [-0.2, 0) is 18.6 Å². The summed E-state index contributed by atoms with van der Waals surface area (Å²) in [5, 5.41) is 14.7. The predicted octanol–water partition coefficient (Wildman–Crippen LogP) is 1.37. The molecule has 1 unspecified atom stereocenters. The van der Waals surface area contributed by atoms with E-state index in [9.17, 15) is 5.11 Å². The summed E-state index contributed by atoms with van der Waals surface area (Å²) in [5.41, 5.74) is 1.02. The summed E-state index contributed by atoms with van der Waals surface area (Å²) < 4.78 is 7.31. The molecular formula is C16H19N5O2. The van der Waals surface area contributed by atoms with Crippen LogP contribution in [-0.4, -0.2) is 42.6 Å². The summed E-state index contributed by atoms with van der Waals surface area (Å²) in [6.45, 7) is 3.98. The van der Waals surface area contributed by atoms with Gasteiger partial charge in [-0.05, 0) is 18.6 Å². The number of hydrogen-bond donors (Lipinski definition) is 1. The highest BCUT2D eigenvalue weighted by atomic mass is 16.5. The standard InChI is InChI=1S/C16H19N5O2/c1-2-13-18-15(23-19-13)16(22)6-8-20(11-16)10-12-4-3-5-14-17-7-9-21(12)14/h3-5,7,9,22H,2,6,8,10-11H2,1H3. The number of fused-ring (bicyclic) bond motifs is 1. The summed E-state index contributed by atoms with van der Waals surface area (Å²) in [6.07, 6.45) is 5.05. The Balaban J connectivity index is 1.53. The maximum Gasteiger partial charge on any atom is 0.259 e. The third-order valence-electron chi connectivity index (χ3n) is 4.41. The number of hydrogen-bond acceptors (Lipinski definition) is 6. The molecule has 0 bridgehead atoms. The highest BCUT2D eigenvalue weighted by Crippen LogP contribution is 2.31. The van der Waals surface area contributed by atoms with Crippen LogP contribution >= 0.6 is 0 Å². The van der Waals surface area contributed by atoms with Crippen LogP contribution in [0.4, 0.5) is 0 Å². The normalized spacial score (nSPS) is 22.2. The third-order valence-corrected chi connectivity index (χ3v) is 4.41. The van der Waals surface area contributed by atoms with E-state index in [2.05, 4.69) is 30.5 Å². The van der Waals surface area contributed by atoms with Crippen LogP contribution in [0.5, 0.6) is 0 Å². The van der Waals surface area contributed by atoms with Crippen molar-refractivity contribution in [3.8, 4) is 0 Å². The fraction of sp³-hybridized carbons (Fsp3) is 0.438. The van der Waals surface area contributed by atoms with Gasteiger partial charge in [0, 0.05) is 44.1 Å². The van der Waals surface area contributed by atoms with Crippen molar-refractivity contribution in [3.05, 3.63) is 48.0 Å². The van der Waals surface area contributed by atoms with E-state index >= 15 is 0 Å². The number of likely N-dealkylation sites (tertiary alicyclic amines) is 1. The topological polar surface area (TPSA) is 79.7 Å². The fourth-order valence-electron chi connectivity index (χ4n) is 3.13. The zero-order chi connectivity index (χ0) is 15.9. The van der Waals surface area contributed by atoms with E-state index in [4.69, 9.17) is 4.52 Å². The minimum Gasteiger partial charge on any atom is -0.379 e. The third kappa shape index (κ3) is 2.51. The monoisotopic (exact) mass is 313 g/mol. The first-order valence-corrected chi connectivity index (χ1v) is 7.87. The van der Waals surface area contributed by atoms with Gasteiger partial charge in [0.1, 0.15) is 5.65 Å². The smallest absolute Gasteiger partial charge is 0.259 e. The lowest BCUT2D eigenvalue weighted by Gasteiger charge is -2.20. The molecule has 3 aromatic rings.